The second kappa shape index (κ2) is 4.76. The summed E-state index contributed by atoms with van der Waals surface area (Å²) in [6, 6.07) is 0.0417. The molecule has 0 aromatic carbocycles. The topological polar surface area (TPSA) is 70.7 Å². The minimum Gasteiger partial charge on any atom is -0.444 e. The molecule has 0 spiro atoms. The molecular formula is C12H21N3O3. The molecule has 6 heteroatoms. The van der Waals surface area contributed by atoms with Crippen molar-refractivity contribution >= 4 is 12.0 Å². The molecule has 2 N–H and O–H groups in total. The van der Waals surface area contributed by atoms with Crippen molar-refractivity contribution in [2.45, 2.75) is 38.8 Å². The summed E-state index contributed by atoms with van der Waals surface area (Å²) >= 11 is 0. The van der Waals surface area contributed by atoms with E-state index in [0.29, 0.717) is 26.2 Å². The molecule has 6 nitrogen and oxygen atoms in total. The predicted octanol–water partition coefficient (Wildman–Crippen LogP) is 0.289. The first-order chi connectivity index (χ1) is 8.37. The Hall–Kier alpha value is -1.30. The van der Waals surface area contributed by atoms with Gasteiger partial charge in [-0.15, -0.1) is 0 Å². The van der Waals surface area contributed by atoms with Crippen molar-refractivity contribution in [3.05, 3.63) is 0 Å². The molecule has 0 aromatic rings. The molecule has 0 bridgehead atoms. The molecule has 2 atom stereocenters. The van der Waals surface area contributed by atoms with E-state index < -0.39 is 5.60 Å². The molecule has 2 unspecified atom stereocenters. The van der Waals surface area contributed by atoms with Gasteiger partial charge in [0.25, 0.3) is 0 Å². The van der Waals surface area contributed by atoms with Crippen molar-refractivity contribution in [3.8, 4) is 0 Å². The van der Waals surface area contributed by atoms with Crippen LogP contribution >= 0.6 is 0 Å². The van der Waals surface area contributed by atoms with Crippen molar-refractivity contribution in [2.75, 3.05) is 19.8 Å². The van der Waals surface area contributed by atoms with Gasteiger partial charge in [0, 0.05) is 19.1 Å². The van der Waals surface area contributed by atoms with Crippen LogP contribution in [0, 0.1) is 5.92 Å². The number of nitrogens with zero attached hydrogens (tertiary/aromatic N) is 1. The van der Waals surface area contributed by atoms with E-state index in [9.17, 15) is 9.59 Å². The quantitative estimate of drug-likeness (QED) is 0.652. The zero-order valence-electron chi connectivity index (χ0n) is 11.2. The van der Waals surface area contributed by atoms with Gasteiger partial charge in [-0.3, -0.25) is 10.1 Å². The smallest absolute Gasteiger partial charge is 0.410 e. The summed E-state index contributed by atoms with van der Waals surface area (Å²) in [6.07, 6.45) is 0.386. The Morgan fingerprint density at radius 1 is 1.44 bits per heavy atom. The van der Waals surface area contributed by atoms with Crippen LogP contribution in [0.15, 0.2) is 0 Å². The molecule has 2 heterocycles. The summed E-state index contributed by atoms with van der Waals surface area (Å²) in [5, 5.41) is 6.00. The average Bonchev–Trinajstić information content (AvgIpc) is 2.26. The molecule has 2 saturated heterocycles. The molecule has 0 radical (unpaired) electrons. The normalized spacial score (nSPS) is 28.4. The zero-order valence-corrected chi connectivity index (χ0v) is 11.2. The van der Waals surface area contributed by atoms with E-state index >= 15 is 0 Å². The maximum atomic E-state index is 11.9. The summed E-state index contributed by atoms with van der Waals surface area (Å²) < 4.78 is 5.34. The Labute approximate surface area is 107 Å². The molecular weight excluding hydrogens is 234 g/mol. The zero-order chi connectivity index (χ0) is 13.3. The Bertz CT molecular complexity index is 351. The molecule has 2 rings (SSSR count). The third-order valence-corrected chi connectivity index (χ3v) is 3.23. The van der Waals surface area contributed by atoms with E-state index in [-0.39, 0.29) is 24.0 Å². The van der Waals surface area contributed by atoms with Gasteiger partial charge in [0.05, 0.1) is 12.6 Å². The maximum Gasteiger partial charge on any atom is 0.410 e. The monoisotopic (exact) mass is 255 g/mol. The van der Waals surface area contributed by atoms with Crippen LogP contribution in [0.4, 0.5) is 4.79 Å². The second-order valence-electron chi connectivity index (χ2n) is 5.85. The third kappa shape index (κ3) is 2.93. The number of amides is 2. The summed E-state index contributed by atoms with van der Waals surface area (Å²) in [7, 11) is 0. The Morgan fingerprint density at radius 2 is 2.17 bits per heavy atom. The molecule has 0 saturated carbocycles. The lowest BCUT2D eigenvalue weighted by atomic mass is 9.89. The predicted molar refractivity (Wildman–Crippen MR) is 65.8 cm³/mol. The molecule has 18 heavy (non-hydrogen) atoms. The summed E-state index contributed by atoms with van der Waals surface area (Å²) in [6.45, 7) is 7.14. The number of nitrogens with one attached hydrogen (secondary N) is 2. The second-order valence-corrected chi connectivity index (χ2v) is 5.85. The van der Waals surface area contributed by atoms with Crippen LogP contribution in [0.1, 0.15) is 27.2 Å². The van der Waals surface area contributed by atoms with Crippen LogP contribution in [-0.4, -0.2) is 48.3 Å². The van der Waals surface area contributed by atoms with Gasteiger partial charge in [-0.25, -0.2) is 4.79 Å². The number of likely N-dealkylation sites (tertiary alicyclic amines) is 1. The van der Waals surface area contributed by atoms with E-state index in [1.54, 1.807) is 4.90 Å². The first-order valence-electron chi connectivity index (χ1n) is 6.36. The number of hydrogen-bond acceptors (Lipinski definition) is 4. The number of carbonyl (C=O) groups excluding carboxylic acids is 2. The van der Waals surface area contributed by atoms with E-state index in [0.717, 1.165) is 0 Å². The van der Waals surface area contributed by atoms with Gasteiger partial charge < -0.3 is 15.0 Å². The van der Waals surface area contributed by atoms with Gasteiger partial charge in [-0.05, 0) is 27.2 Å². The summed E-state index contributed by atoms with van der Waals surface area (Å²) in [5.74, 6) is 0.0556. The van der Waals surface area contributed by atoms with Gasteiger partial charge >= 0.3 is 6.09 Å². The maximum absolute atomic E-state index is 11.9. The van der Waals surface area contributed by atoms with E-state index in [1.165, 1.54) is 0 Å². The number of fused-ring (bicyclic) bond motifs is 1. The van der Waals surface area contributed by atoms with E-state index in [2.05, 4.69) is 10.6 Å². The van der Waals surface area contributed by atoms with Crippen LogP contribution in [0.3, 0.4) is 0 Å². The first-order valence-corrected chi connectivity index (χ1v) is 6.36. The number of hydrogen-bond donors (Lipinski definition) is 2. The number of rotatable bonds is 0. The molecule has 2 aliphatic rings. The summed E-state index contributed by atoms with van der Waals surface area (Å²) in [4.78, 5) is 25.3. The molecule has 0 aromatic heterocycles. The van der Waals surface area contributed by atoms with Gasteiger partial charge in [-0.2, -0.15) is 0 Å². The van der Waals surface area contributed by atoms with Crippen molar-refractivity contribution in [3.63, 3.8) is 0 Å². The van der Waals surface area contributed by atoms with Crippen LogP contribution in [0.2, 0.25) is 0 Å². The number of piperidine rings is 1. The SMILES string of the molecule is CC(C)(C)OC(=O)N1CCC2C(=O)NCNC2C1. The van der Waals surface area contributed by atoms with Crippen molar-refractivity contribution in [1.29, 1.82) is 0 Å². The van der Waals surface area contributed by atoms with Crippen molar-refractivity contribution < 1.29 is 14.3 Å². The lowest BCUT2D eigenvalue weighted by Gasteiger charge is -2.41. The van der Waals surface area contributed by atoms with Crippen LogP contribution < -0.4 is 10.6 Å². The highest BCUT2D eigenvalue weighted by atomic mass is 16.6. The molecule has 0 aliphatic carbocycles. The fourth-order valence-corrected chi connectivity index (χ4v) is 2.37. The molecule has 102 valence electrons. The van der Waals surface area contributed by atoms with Crippen molar-refractivity contribution in [2.24, 2.45) is 5.92 Å². The Morgan fingerprint density at radius 3 is 2.83 bits per heavy atom. The van der Waals surface area contributed by atoms with Crippen LogP contribution in [0.25, 0.3) is 0 Å². The summed E-state index contributed by atoms with van der Waals surface area (Å²) in [5.41, 5.74) is -0.481. The van der Waals surface area contributed by atoms with Crippen LogP contribution in [-0.2, 0) is 9.53 Å². The lowest BCUT2D eigenvalue weighted by Crippen LogP contribution is -2.62. The van der Waals surface area contributed by atoms with Gasteiger partial charge in [-0.1, -0.05) is 0 Å². The molecule has 2 fully saturated rings. The molecule has 2 amide bonds. The fourth-order valence-electron chi connectivity index (χ4n) is 2.37. The Balaban J connectivity index is 1.94. The highest BCUT2D eigenvalue weighted by molar-refractivity contribution is 5.80. The standard InChI is InChI=1S/C12H21N3O3/c1-12(2,3)18-11(17)15-5-4-8-9(6-15)13-7-14-10(8)16/h8-9,13H,4-7H2,1-3H3,(H,14,16). The largest absolute Gasteiger partial charge is 0.444 e. The highest BCUT2D eigenvalue weighted by Gasteiger charge is 2.38. The number of ether oxygens (including phenoxy) is 1. The molecule has 2 aliphatic heterocycles. The Kier molecular flexibility index (Phi) is 3.47. The van der Waals surface area contributed by atoms with Gasteiger partial charge in [0.1, 0.15) is 5.60 Å². The van der Waals surface area contributed by atoms with Gasteiger partial charge in [0.2, 0.25) is 5.91 Å². The average molecular weight is 255 g/mol. The highest BCUT2D eigenvalue weighted by Crippen LogP contribution is 2.21. The third-order valence-electron chi connectivity index (χ3n) is 3.23. The number of carbonyl (C=O) groups is 2. The minimum absolute atomic E-state index is 0.0302. The van der Waals surface area contributed by atoms with E-state index in [4.69, 9.17) is 4.74 Å². The fraction of sp³-hybridized carbons (Fsp3) is 0.833. The minimum atomic E-state index is -0.481. The van der Waals surface area contributed by atoms with Gasteiger partial charge in [0.15, 0.2) is 0 Å². The van der Waals surface area contributed by atoms with Crippen molar-refractivity contribution in [1.82, 2.24) is 15.5 Å². The lowest BCUT2D eigenvalue weighted by molar-refractivity contribution is -0.129. The van der Waals surface area contributed by atoms with Crippen LogP contribution in [0.5, 0.6) is 0 Å². The first kappa shape index (κ1) is 13.1. The van der Waals surface area contributed by atoms with E-state index in [1.807, 2.05) is 20.8 Å².